The number of carbonyl (C=O) groups is 2. The van der Waals surface area contributed by atoms with Crippen LogP contribution in [0.25, 0.3) is 0 Å². The van der Waals surface area contributed by atoms with Crippen molar-refractivity contribution in [2.24, 2.45) is 0 Å². The van der Waals surface area contributed by atoms with Crippen LogP contribution in [-0.4, -0.2) is 47.4 Å². The van der Waals surface area contributed by atoms with Gasteiger partial charge in [0.05, 0.1) is 25.4 Å². The number of esters is 1. The van der Waals surface area contributed by atoms with Gasteiger partial charge < -0.3 is 20.3 Å². The Kier molecular flexibility index (Phi) is 67.9. The largest absolute Gasteiger partial charge is 0.466 e. The fourth-order valence-corrected chi connectivity index (χ4v) is 11.4. The summed E-state index contributed by atoms with van der Waals surface area (Å²) in [6.07, 6.45) is 89.0. The van der Waals surface area contributed by atoms with E-state index in [9.17, 15) is 19.8 Å². The number of aliphatic hydroxyl groups is 2. The number of carbonyl (C=O) groups excluding carboxylic acids is 2. The second kappa shape index (κ2) is 69.6. The predicted molar refractivity (Wildman–Crippen MR) is 352 cm³/mol. The van der Waals surface area contributed by atoms with Gasteiger partial charge in [0, 0.05) is 12.8 Å². The summed E-state index contributed by atoms with van der Waals surface area (Å²) in [7, 11) is 0. The molecule has 472 valence electrons. The van der Waals surface area contributed by atoms with Crippen molar-refractivity contribution < 1.29 is 24.5 Å². The maximum absolute atomic E-state index is 12.5. The molecule has 0 fully saturated rings. The lowest BCUT2D eigenvalue weighted by Gasteiger charge is -2.22. The fourth-order valence-electron chi connectivity index (χ4n) is 11.4. The average Bonchev–Trinajstić information content (AvgIpc) is 3.46. The summed E-state index contributed by atoms with van der Waals surface area (Å²) in [4.78, 5) is 24.7. The number of hydrogen-bond acceptors (Lipinski definition) is 5. The van der Waals surface area contributed by atoms with Crippen LogP contribution < -0.4 is 5.32 Å². The third-order valence-corrected chi connectivity index (χ3v) is 16.9. The van der Waals surface area contributed by atoms with Crippen LogP contribution >= 0.6 is 0 Å². The van der Waals surface area contributed by atoms with Crippen LogP contribution in [-0.2, 0) is 14.3 Å². The van der Waals surface area contributed by atoms with E-state index in [-0.39, 0.29) is 18.5 Å². The Morgan fingerprint density at radius 3 is 0.975 bits per heavy atom. The van der Waals surface area contributed by atoms with E-state index in [0.717, 1.165) is 51.4 Å². The van der Waals surface area contributed by atoms with Gasteiger partial charge in [-0.1, -0.05) is 339 Å². The molecule has 6 nitrogen and oxygen atoms in total. The van der Waals surface area contributed by atoms with Crippen molar-refractivity contribution in [2.45, 2.75) is 411 Å². The van der Waals surface area contributed by atoms with E-state index in [1.807, 2.05) is 0 Å². The Bertz CT molecular complexity index is 1300. The molecule has 2 unspecified atom stereocenters. The molecule has 0 saturated carbocycles. The molecule has 0 aromatic heterocycles. The number of ether oxygens (including phenoxy) is 1. The smallest absolute Gasteiger partial charge is 0.305 e. The molecule has 0 aliphatic rings. The van der Waals surface area contributed by atoms with Gasteiger partial charge in [-0.15, -0.1) is 0 Å². The van der Waals surface area contributed by atoms with E-state index in [1.165, 1.54) is 315 Å². The van der Waals surface area contributed by atoms with E-state index in [0.29, 0.717) is 25.9 Å². The monoisotopic (exact) mass is 1120 g/mol. The SMILES string of the molecule is CCCCCC/C=C\C/C=C\CCCCCCCCCC(=O)OCCCCCCCCCCCCCC/C=C\CCCCCCCCCCC(=O)NC(CO)C(O)CCCCCCCCCCCCCCCCCCCCCCC. The molecule has 0 aliphatic heterocycles. The van der Waals surface area contributed by atoms with Gasteiger partial charge in [-0.3, -0.25) is 9.59 Å². The lowest BCUT2D eigenvalue weighted by molar-refractivity contribution is -0.143. The molecule has 6 heteroatoms. The summed E-state index contributed by atoms with van der Waals surface area (Å²) in [6, 6.07) is -0.546. The van der Waals surface area contributed by atoms with Gasteiger partial charge in [0.1, 0.15) is 0 Å². The quantitative estimate of drug-likeness (QED) is 0.0320. The molecule has 0 radical (unpaired) electrons. The number of allylic oxidation sites excluding steroid dienone is 6. The molecule has 0 spiro atoms. The highest BCUT2D eigenvalue weighted by atomic mass is 16.5. The molecule has 80 heavy (non-hydrogen) atoms. The lowest BCUT2D eigenvalue weighted by atomic mass is 10.0. The number of rotatable bonds is 68. The van der Waals surface area contributed by atoms with Crippen molar-refractivity contribution in [3.63, 3.8) is 0 Å². The predicted octanol–water partition coefficient (Wildman–Crippen LogP) is 23.5. The molecule has 0 saturated heterocycles. The zero-order valence-corrected chi connectivity index (χ0v) is 54.1. The Labute approximate surface area is 500 Å². The van der Waals surface area contributed by atoms with Crippen LogP contribution in [0.5, 0.6) is 0 Å². The first-order valence-electron chi connectivity index (χ1n) is 36.2. The van der Waals surface area contributed by atoms with Crippen LogP contribution in [0.3, 0.4) is 0 Å². The van der Waals surface area contributed by atoms with Crippen molar-refractivity contribution >= 4 is 11.9 Å². The summed E-state index contributed by atoms with van der Waals surface area (Å²) in [5.41, 5.74) is 0. The van der Waals surface area contributed by atoms with Crippen LogP contribution in [0.1, 0.15) is 399 Å². The van der Waals surface area contributed by atoms with Crippen molar-refractivity contribution in [2.75, 3.05) is 13.2 Å². The van der Waals surface area contributed by atoms with Gasteiger partial charge in [0.15, 0.2) is 0 Å². The fraction of sp³-hybridized carbons (Fsp3) is 0.892. The van der Waals surface area contributed by atoms with Gasteiger partial charge in [-0.25, -0.2) is 0 Å². The first kappa shape index (κ1) is 78.1. The van der Waals surface area contributed by atoms with Crippen molar-refractivity contribution in [1.29, 1.82) is 0 Å². The summed E-state index contributed by atoms with van der Waals surface area (Å²) >= 11 is 0. The Morgan fingerprint density at radius 2 is 0.625 bits per heavy atom. The number of aliphatic hydroxyl groups excluding tert-OH is 2. The minimum atomic E-state index is -0.669. The Morgan fingerprint density at radius 1 is 0.350 bits per heavy atom. The van der Waals surface area contributed by atoms with Crippen LogP contribution in [0.2, 0.25) is 0 Å². The van der Waals surface area contributed by atoms with Gasteiger partial charge in [-0.05, 0) is 83.5 Å². The maximum Gasteiger partial charge on any atom is 0.305 e. The number of amides is 1. The highest BCUT2D eigenvalue weighted by Gasteiger charge is 2.20. The van der Waals surface area contributed by atoms with Gasteiger partial charge in [0.25, 0.3) is 0 Å². The molecule has 0 aromatic rings. The van der Waals surface area contributed by atoms with E-state index >= 15 is 0 Å². The summed E-state index contributed by atoms with van der Waals surface area (Å²) in [6.45, 7) is 4.97. The second-order valence-corrected chi connectivity index (χ2v) is 24.9. The summed E-state index contributed by atoms with van der Waals surface area (Å²) in [5, 5.41) is 23.4. The molecule has 0 bridgehead atoms. The first-order chi connectivity index (χ1) is 39.5. The van der Waals surface area contributed by atoms with Crippen LogP contribution in [0.15, 0.2) is 36.5 Å². The molecule has 0 aliphatic carbocycles. The highest BCUT2D eigenvalue weighted by molar-refractivity contribution is 5.76. The van der Waals surface area contributed by atoms with Crippen LogP contribution in [0, 0.1) is 0 Å². The van der Waals surface area contributed by atoms with Gasteiger partial charge in [-0.2, -0.15) is 0 Å². The van der Waals surface area contributed by atoms with Crippen molar-refractivity contribution in [3.05, 3.63) is 36.5 Å². The standard InChI is InChI=1S/C74H141NO5/c1-3-5-7-9-11-13-15-17-19-21-23-28-31-34-38-42-46-50-54-58-62-66-72(77)71(70-76)75-73(78)67-63-59-55-51-47-43-39-35-32-29-26-24-25-27-30-33-37-41-45-49-53-57-61-65-69-80-74(79)68-64-60-56-52-48-44-40-36-22-20-18-16-14-12-10-8-6-4-2/h14,16,20,22,26,29,71-72,76-77H,3-13,15,17-19,21,23-25,27-28,30-70H2,1-2H3,(H,75,78)/b16-14-,22-20-,29-26-. The Balaban J connectivity index is 3.40. The molecular weight excluding hydrogens is 983 g/mol. The number of unbranched alkanes of at least 4 members (excludes halogenated alkanes) is 51. The molecular formula is C74H141NO5. The Hall–Kier alpha value is -1.92. The lowest BCUT2D eigenvalue weighted by Crippen LogP contribution is -2.45. The number of nitrogens with one attached hydrogen (secondary N) is 1. The van der Waals surface area contributed by atoms with E-state index in [4.69, 9.17) is 4.74 Å². The average molecular weight is 1120 g/mol. The van der Waals surface area contributed by atoms with Gasteiger partial charge >= 0.3 is 5.97 Å². The molecule has 3 N–H and O–H groups in total. The van der Waals surface area contributed by atoms with Crippen LogP contribution in [0.4, 0.5) is 0 Å². The third kappa shape index (κ3) is 65.2. The maximum atomic E-state index is 12.5. The van der Waals surface area contributed by atoms with E-state index < -0.39 is 12.1 Å². The minimum absolute atomic E-state index is 0.00591. The molecule has 1 amide bonds. The normalized spacial score (nSPS) is 12.7. The number of hydrogen-bond donors (Lipinski definition) is 3. The molecule has 0 aromatic carbocycles. The highest BCUT2D eigenvalue weighted by Crippen LogP contribution is 2.19. The summed E-state index contributed by atoms with van der Waals surface area (Å²) < 4.78 is 5.50. The molecule has 0 rings (SSSR count). The minimum Gasteiger partial charge on any atom is -0.466 e. The topological polar surface area (TPSA) is 95.9 Å². The third-order valence-electron chi connectivity index (χ3n) is 16.9. The second-order valence-electron chi connectivity index (χ2n) is 24.9. The molecule has 2 atom stereocenters. The van der Waals surface area contributed by atoms with E-state index in [1.54, 1.807) is 0 Å². The zero-order chi connectivity index (χ0) is 57.8. The van der Waals surface area contributed by atoms with E-state index in [2.05, 4.69) is 55.6 Å². The first-order valence-corrected chi connectivity index (χ1v) is 36.2. The summed E-state index contributed by atoms with van der Waals surface area (Å²) in [5.74, 6) is -0.0297. The van der Waals surface area contributed by atoms with Crippen molar-refractivity contribution in [3.8, 4) is 0 Å². The van der Waals surface area contributed by atoms with Gasteiger partial charge in [0.2, 0.25) is 5.91 Å². The molecule has 0 heterocycles. The van der Waals surface area contributed by atoms with Crippen molar-refractivity contribution in [1.82, 2.24) is 5.32 Å². The zero-order valence-electron chi connectivity index (χ0n) is 54.1.